The number of nitrogens with one attached hydrogen (secondary N) is 1. The van der Waals surface area contributed by atoms with Gasteiger partial charge in [-0.05, 0) is 37.6 Å². The predicted octanol–water partition coefficient (Wildman–Crippen LogP) is 3.83. The first-order chi connectivity index (χ1) is 8.89. The fraction of sp³-hybridized carbons (Fsp3) is 0.571. The lowest BCUT2D eigenvalue weighted by molar-refractivity contribution is -0.106. The lowest BCUT2D eigenvalue weighted by atomic mass is 9.94. The minimum absolute atomic E-state index is 0.189. The second kappa shape index (κ2) is 7.46. The van der Waals surface area contributed by atoms with E-state index in [9.17, 15) is 0 Å². The average Bonchev–Trinajstić information content (AvgIpc) is 2.33. The number of halogens is 2. The largest absolute Gasteiger partial charge is 0.356 e. The molecule has 108 valence electrons. The Morgan fingerprint density at radius 3 is 2.11 bits per heavy atom. The molecular formula is C14H21Cl2NO2. The summed E-state index contributed by atoms with van der Waals surface area (Å²) in [4.78, 5) is 0. The van der Waals surface area contributed by atoms with Crippen molar-refractivity contribution in [2.75, 3.05) is 20.8 Å². The van der Waals surface area contributed by atoms with Gasteiger partial charge in [0, 0.05) is 42.8 Å². The molecule has 0 saturated heterocycles. The van der Waals surface area contributed by atoms with E-state index in [-0.39, 0.29) is 11.8 Å². The zero-order chi connectivity index (χ0) is 14.5. The van der Waals surface area contributed by atoms with Crippen LogP contribution in [0.2, 0.25) is 10.0 Å². The molecule has 0 saturated carbocycles. The molecule has 0 heterocycles. The lowest BCUT2D eigenvalue weighted by Crippen LogP contribution is -2.38. The van der Waals surface area contributed by atoms with Gasteiger partial charge in [0.1, 0.15) is 0 Å². The first-order valence-corrected chi connectivity index (χ1v) is 6.92. The number of ether oxygens (including phenoxy) is 2. The Hall–Kier alpha value is -0.320. The SMILES string of the molecule is COC(CCNC(C)(C)c1cc(Cl)cc(Cl)c1)OC. The molecule has 1 rings (SSSR count). The van der Waals surface area contributed by atoms with Crippen molar-refractivity contribution in [1.82, 2.24) is 5.32 Å². The molecule has 0 spiro atoms. The molecule has 0 aliphatic heterocycles. The third-order valence-corrected chi connectivity index (χ3v) is 3.49. The van der Waals surface area contributed by atoms with E-state index in [0.29, 0.717) is 10.0 Å². The van der Waals surface area contributed by atoms with Crippen molar-refractivity contribution in [3.8, 4) is 0 Å². The lowest BCUT2D eigenvalue weighted by Gasteiger charge is -2.28. The molecule has 0 radical (unpaired) electrons. The number of benzene rings is 1. The van der Waals surface area contributed by atoms with Crippen LogP contribution in [-0.4, -0.2) is 27.1 Å². The van der Waals surface area contributed by atoms with Crippen molar-refractivity contribution in [1.29, 1.82) is 0 Å². The molecule has 3 nitrogen and oxygen atoms in total. The van der Waals surface area contributed by atoms with Crippen molar-refractivity contribution in [3.05, 3.63) is 33.8 Å². The van der Waals surface area contributed by atoms with Gasteiger partial charge in [-0.15, -0.1) is 0 Å². The van der Waals surface area contributed by atoms with Gasteiger partial charge in [0.15, 0.2) is 6.29 Å². The molecule has 0 fully saturated rings. The van der Waals surface area contributed by atoms with Gasteiger partial charge in [0.2, 0.25) is 0 Å². The van der Waals surface area contributed by atoms with Crippen molar-refractivity contribution in [3.63, 3.8) is 0 Å². The van der Waals surface area contributed by atoms with Crippen LogP contribution >= 0.6 is 23.2 Å². The van der Waals surface area contributed by atoms with Crippen LogP contribution in [0.25, 0.3) is 0 Å². The minimum Gasteiger partial charge on any atom is -0.356 e. The Bertz CT molecular complexity index is 386. The van der Waals surface area contributed by atoms with Crippen LogP contribution in [0.5, 0.6) is 0 Å². The van der Waals surface area contributed by atoms with Gasteiger partial charge in [-0.3, -0.25) is 0 Å². The summed E-state index contributed by atoms with van der Waals surface area (Å²) in [6, 6.07) is 5.57. The van der Waals surface area contributed by atoms with E-state index < -0.39 is 0 Å². The predicted molar refractivity (Wildman–Crippen MR) is 79.9 cm³/mol. The normalized spacial score (nSPS) is 12.2. The molecule has 0 bridgehead atoms. The summed E-state index contributed by atoms with van der Waals surface area (Å²) >= 11 is 12.1. The van der Waals surface area contributed by atoms with Gasteiger partial charge in [0.25, 0.3) is 0 Å². The first-order valence-electron chi connectivity index (χ1n) is 6.16. The zero-order valence-corrected chi connectivity index (χ0v) is 13.3. The van der Waals surface area contributed by atoms with Crippen molar-refractivity contribution in [2.24, 2.45) is 0 Å². The molecule has 19 heavy (non-hydrogen) atoms. The molecule has 0 aromatic heterocycles. The number of hydrogen-bond acceptors (Lipinski definition) is 3. The van der Waals surface area contributed by atoms with Crippen LogP contribution in [0, 0.1) is 0 Å². The smallest absolute Gasteiger partial charge is 0.158 e. The number of rotatable bonds is 7. The van der Waals surface area contributed by atoms with Gasteiger partial charge < -0.3 is 14.8 Å². The van der Waals surface area contributed by atoms with E-state index >= 15 is 0 Å². The molecule has 1 N–H and O–H groups in total. The third-order valence-electron chi connectivity index (χ3n) is 3.06. The van der Waals surface area contributed by atoms with Gasteiger partial charge in [-0.1, -0.05) is 23.2 Å². The summed E-state index contributed by atoms with van der Waals surface area (Å²) < 4.78 is 10.3. The van der Waals surface area contributed by atoms with Crippen molar-refractivity contribution in [2.45, 2.75) is 32.1 Å². The maximum atomic E-state index is 6.03. The molecular weight excluding hydrogens is 285 g/mol. The van der Waals surface area contributed by atoms with E-state index in [1.807, 2.05) is 12.1 Å². The van der Waals surface area contributed by atoms with Gasteiger partial charge in [0.05, 0.1) is 0 Å². The second-order valence-electron chi connectivity index (χ2n) is 4.90. The van der Waals surface area contributed by atoms with E-state index in [1.54, 1.807) is 20.3 Å². The Labute approximate surface area is 125 Å². The quantitative estimate of drug-likeness (QED) is 0.777. The third kappa shape index (κ3) is 5.28. The van der Waals surface area contributed by atoms with Gasteiger partial charge >= 0.3 is 0 Å². The van der Waals surface area contributed by atoms with Crippen molar-refractivity contribution >= 4 is 23.2 Å². The molecule has 1 aromatic carbocycles. The van der Waals surface area contributed by atoms with E-state index in [2.05, 4.69) is 19.2 Å². The standard InChI is InChI=1S/C14H21Cl2NO2/c1-14(2,17-6-5-13(18-3)19-4)10-7-11(15)9-12(16)8-10/h7-9,13,17H,5-6H2,1-4H3. The molecule has 0 aliphatic carbocycles. The van der Waals surface area contributed by atoms with Gasteiger partial charge in [-0.2, -0.15) is 0 Å². The maximum absolute atomic E-state index is 6.03. The van der Waals surface area contributed by atoms with Crippen LogP contribution in [0.1, 0.15) is 25.8 Å². The highest BCUT2D eigenvalue weighted by molar-refractivity contribution is 6.34. The Morgan fingerprint density at radius 1 is 1.11 bits per heavy atom. The van der Waals surface area contributed by atoms with E-state index in [0.717, 1.165) is 18.5 Å². The summed E-state index contributed by atoms with van der Waals surface area (Å²) in [6.45, 7) is 4.94. The van der Waals surface area contributed by atoms with E-state index in [4.69, 9.17) is 32.7 Å². The number of methoxy groups -OCH3 is 2. The first kappa shape index (κ1) is 16.7. The molecule has 0 atom stereocenters. The van der Waals surface area contributed by atoms with Crippen LogP contribution in [0.15, 0.2) is 18.2 Å². The maximum Gasteiger partial charge on any atom is 0.158 e. The summed E-state index contributed by atoms with van der Waals surface area (Å²) in [5.41, 5.74) is 0.831. The summed E-state index contributed by atoms with van der Waals surface area (Å²) in [5, 5.41) is 4.74. The molecule has 0 unspecified atom stereocenters. The van der Waals surface area contributed by atoms with Crippen molar-refractivity contribution < 1.29 is 9.47 Å². The van der Waals surface area contributed by atoms with Crippen LogP contribution < -0.4 is 5.32 Å². The van der Waals surface area contributed by atoms with E-state index in [1.165, 1.54) is 0 Å². The highest BCUT2D eigenvalue weighted by Gasteiger charge is 2.21. The highest BCUT2D eigenvalue weighted by Crippen LogP contribution is 2.27. The second-order valence-corrected chi connectivity index (χ2v) is 5.77. The Balaban J connectivity index is 2.64. The molecule has 0 aliphatic rings. The monoisotopic (exact) mass is 305 g/mol. The van der Waals surface area contributed by atoms with Crippen LogP contribution in [-0.2, 0) is 15.0 Å². The van der Waals surface area contributed by atoms with Crippen LogP contribution in [0.4, 0.5) is 0 Å². The fourth-order valence-electron chi connectivity index (χ4n) is 1.85. The Kier molecular flexibility index (Phi) is 6.57. The van der Waals surface area contributed by atoms with Gasteiger partial charge in [-0.25, -0.2) is 0 Å². The summed E-state index contributed by atoms with van der Waals surface area (Å²) in [6.07, 6.45) is 0.580. The molecule has 5 heteroatoms. The Morgan fingerprint density at radius 2 is 1.63 bits per heavy atom. The summed E-state index contributed by atoms with van der Waals surface area (Å²) in [5.74, 6) is 0. The zero-order valence-electron chi connectivity index (χ0n) is 11.8. The fourth-order valence-corrected chi connectivity index (χ4v) is 2.38. The number of hydrogen-bond donors (Lipinski definition) is 1. The average molecular weight is 306 g/mol. The molecule has 0 amide bonds. The topological polar surface area (TPSA) is 30.5 Å². The summed E-state index contributed by atoms with van der Waals surface area (Å²) in [7, 11) is 3.27. The molecule has 1 aromatic rings. The van der Waals surface area contributed by atoms with Crippen LogP contribution in [0.3, 0.4) is 0 Å². The minimum atomic E-state index is -0.222. The highest BCUT2D eigenvalue weighted by atomic mass is 35.5.